The van der Waals surface area contributed by atoms with Crippen LogP contribution in [0, 0.1) is 23.7 Å². The second-order valence-electron chi connectivity index (χ2n) is 9.10. The largest absolute Gasteiger partial charge is 0.481 e. The van der Waals surface area contributed by atoms with Crippen LogP contribution in [0.3, 0.4) is 0 Å². The lowest BCUT2D eigenvalue weighted by Gasteiger charge is -2.23. The van der Waals surface area contributed by atoms with Gasteiger partial charge in [-0.25, -0.2) is 0 Å². The summed E-state index contributed by atoms with van der Waals surface area (Å²) in [6, 6.07) is 0. The molecule has 166 valence electrons. The molecule has 2 rings (SSSR count). The lowest BCUT2D eigenvalue weighted by Crippen LogP contribution is -2.34. The molecule has 0 aromatic heterocycles. The van der Waals surface area contributed by atoms with Crippen LogP contribution in [0.1, 0.15) is 103 Å². The molecular weight excluding hydrogens is 364 g/mol. The molecule has 4 unspecified atom stereocenters. The first-order chi connectivity index (χ1) is 14.1. The van der Waals surface area contributed by atoms with Crippen LogP contribution < -0.4 is 0 Å². The highest BCUT2D eigenvalue weighted by Gasteiger charge is 2.52. The minimum Gasteiger partial charge on any atom is -0.481 e. The maximum atomic E-state index is 12.4. The number of fused-ring (bicyclic) bond motifs is 2. The lowest BCUT2D eigenvalue weighted by molar-refractivity contribution is -0.158. The number of aliphatic carboxylic acids is 1. The van der Waals surface area contributed by atoms with Gasteiger partial charge in [0, 0.05) is 0 Å². The van der Waals surface area contributed by atoms with Crippen molar-refractivity contribution in [3.8, 4) is 0 Å². The van der Waals surface area contributed by atoms with Crippen molar-refractivity contribution in [3.05, 3.63) is 12.2 Å². The number of ether oxygens (including phenoxy) is 1. The molecule has 2 aliphatic rings. The molecule has 1 fully saturated rings. The summed E-state index contributed by atoms with van der Waals surface area (Å²) in [4.78, 5) is 23.8. The molecule has 0 aromatic rings. The number of carboxylic acids is 1. The zero-order valence-electron chi connectivity index (χ0n) is 18.4. The first-order valence-electron chi connectivity index (χ1n) is 12.2. The molecule has 2 bridgehead atoms. The summed E-state index contributed by atoms with van der Waals surface area (Å²) in [5.74, 6) is -2.16. The Morgan fingerprint density at radius 3 is 1.69 bits per heavy atom. The van der Waals surface area contributed by atoms with E-state index in [1.54, 1.807) is 0 Å². The number of esters is 1. The maximum absolute atomic E-state index is 12.4. The van der Waals surface area contributed by atoms with Gasteiger partial charge in [-0.05, 0) is 24.7 Å². The van der Waals surface area contributed by atoms with E-state index in [0.717, 1.165) is 19.3 Å². The van der Waals surface area contributed by atoms with Crippen molar-refractivity contribution in [3.63, 3.8) is 0 Å². The molecule has 2 aliphatic carbocycles. The minimum atomic E-state index is -0.861. The van der Waals surface area contributed by atoms with Crippen LogP contribution in [0.25, 0.3) is 0 Å². The number of carbonyl (C=O) groups excluding carboxylic acids is 1. The number of hydrogen-bond donors (Lipinski definition) is 1. The molecule has 4 nitrogen and oxygen atoms in total. The number of allylic oxidation sites excluding steroid dienone is 2. The molecule has 0 amide bonds. The van der Waals surface area contributed by atoms with Gasteiger partial charge in [-0.2, -0.15) is 0 Å². The van der Waals surface area contributed by atoms with Crippen LogP contribution >= 0.6 is 0 Å². The van der Waals surface area contributed by atoms with Crippen molar-refractivity contribution < 1.29 is 19.4 Å². The van der Waals surface area contributed by atoms with Crippen molar-refractivity contribution in [2.24, 2.45) is 23.7 Å². The second kappa shape index (κ2) is 13.8. The topological polar surface area (TPSA) is 63.6 Å². The number of rotatable bonds is 17. The average molecular weight is 407 g/mol. The molecule has 0 aromatic carbocycles. The highest BCUT2D eigenvalue weighted by Crippen LogP contribution is 2.48. The third-order valence-electron chi connectivity index (χ3n) is 6.76. The van der Waals surface area contributed by atoms with Gasteiger partial charge in [0.2, 0.25) is 0 Å². The Bertz CT molecular complexity index is 513. The van der Waals surface area contributed by atoms with Gasteiger partial charge in [0.25, 0.3) is 0 Å². The number of hydrogen-bond acceptors (Lipinski definition) is 3. The van der Waals surface area contributed by atoms with Gasteiger partial charge in [-0.1, -0.05) is 103 Å². The minimum absolute atomic E-state index is 0.0103. The Morgan fingerprint density at radius 2 is 1.21 bits per heavy atom. The first-order valence-corrected chi connectivity index (χ1v) is 12.2. The van der Waals surface area contributed by atoms with Gasteiger partial charge in [-0.3, -0.25) is 9.59 Å². The predicted octanol–water partition coefficient (Wildman–Crippen LogP) is 6.53. The molecule has 0 spiro atoms. The molecule has 0 radical (unpaired) electrons. The Labute approximate surface area is 177 Å². The highest BCUT2D eigenvalue weighted by atomic mass is 16.5. The smallest absolute Gasteiger partial charge is 0.310 e. The molecule has 1 saturated carbocycles. The van der Waals surface area contributed by atoms with Crippen molar-refractivity contribution in [2.45, 2.75) is 103 Å². The molecular formula is C25H42O4. The second-order valence-corrected chi connectivity index (χ2v) is 9.10. The van der Waals surface area contributed by atoms with Crippen LogP contribution in [0.4, 0.5) is 0 Å². The van der Waals surface area contributed by atoms with E-state index >= 15 is 0 Å². The van der Waals surface area contributed by atoms with E-state index in [9.17, 15) is 14.7 Å². The summed E-state index contributed by atoms with van der Waals surface area (Å²) in [5, 5.41) is 9.42. The van der Waals surface area contributed by atoms with E-state index < -0.39 is 17.8 Å². The molecule has 1 N–H and O–H groups in total. The zero-order chi connectivity index (χ0) is 20.9. The van der Waals surface area contributed by atoms with E-state index in [-0.39, 0.29) is 17.8 Å². The summed E-state index contributed by atoms with van der Waals surface area (Å²) in [7, 11) is 0. The van der Waals surface area contributed by atoms with Gasteiger partial charge >= 0.3 is 11.9 Å². The van der Waals surface area contributed by atoms with Gasteiger partial charge in [0.05, 0.1) is 18.4 Å². The van der Waals surface area contributed by atoms with Crippen molar-refractivity contribution in [2.75, 3.05) is 6.61 Å². The van der Waals surface area contributed by atoms with Crippen LogP contribution in [0.5, 0.6) is 0 Å². The monoisotopic (exact) mass is 406 g/mol. The van der Waals surface area contributed by atoms with Crippen LogP contribution in [-0.4, -0.2) is 23.7 Å². The Morgan fingerprint density at radius 1 is 0.759 bits per heavy atom. The highest BCUT2D eigenvalue weighted by molar-refractivity contribution is 5.83. The summed E-state index contributed by atoms with van der Waals surface area (Å²) in [5.41, 5.74) is 0. The van der Waals surface area contributed by atoms with E-state index in [2.05, 4.69) is 6.92 Å². The molecule has 29 heavy (non-hydrogen) atoms. The van der Waals surface area contributed by atoms with E-state index in [1.807, 2.05) is 12.2 Å². The van der Waals surface area contributed by atoms with Gasteiger partial charge in [0.1, 0.15) is 0 Å². The van der Waals surface area contributed by atoms with Gasteiger partial charge in [0.15, 0.2) is 0 Å². The summed E-state index contributed by atoms with van der Waals surface area (Å²) in [6.07, 6.45) is 22.9. The third kappa shape index (κ3) is 8.14. The predicted molar refractivity (Wildman–Crippen MR) is 117 cm³/mol. The molecule has 4 atom stereocenters. The van der Waals surface area contributed by atoms with Gasteiger partial charge < -0.3 is 9.84 Å². The van der Waals surface area contributed by atoms with Crippen molar-refractivity contribution in [1.82, 2.24) is 0 Å². The first kappa shape index (κ1) is 24.0. The maximum Gasteiger partial charge on any atom is 0.310 e. The van der Waals surface area contributed by atoms with Crippen molar-refractivity contribution >= 4 is 11.9 Å². The fraction of sp³-hybridized carbons (Fsp3) is 0.840. The summed E-state index contributed by atoms with van der Waals surface area (Å²) >= 11 is 0. The fourth-order valence-electron chi connectivity index (χ4n) is 5.05. The third-order valence-corrected chi connectivity index (χ3v) is 6.76. The Kier molecular flexibility index (Phi) is 11.4. The standard InChI is InChI=1S/C25H42O4/c1-2-3-4-5-6-7-8-9-10-11-12-13-14-15-18-29-25(28)23-21-17-16-20(19-21)22(23)24(26)27/h16-17,20-23H,2-15,18-19H2,1H3,(H,26,27). The van der Waals surface area contributed by atoms with Crippen LogP contribution in [0.2, 0.25) is 0 Å². The lowest BCUT2D eigenvalue weighted by atomic mass is 9.83. The zero-order valence-corrected chi connectivity index (χ0v) is 18.4. The number of carboxylic acid groups (broad SMARTS) is 1. The number of carbonyl (C=O) groups is 2. The molecule has 0 aliphatic heterocycles. The Hall–Kier alpha value is -1.32. The van der Waals surface area contributed by atoms with Gasteiger partial charge in [-0.15, -0.1) is 0 Å². The summed E-state index contributed by atoms with van der Waals surface area (Å²) in [6.45, 7) is 2.70. The SMILES string of the molecule is CCCCCCCCCCCCCCCCOC(=O)C1C2C=CC(C2)C1C(=O)O. The normalized spacial score (nSPS) is 24.9. The molecule has 0 saturated heterocycles. The van der Waals surface area contributed by atoms with Crippen molar-refractivity contribution in [1.29, 1.82) is 0 Å². The fourth-order valence-corrected chi connectivity index (χ4v) is 5.05. The Balaban J connectivity index is 1.40. The summed E-state index contributed by atoms with van der Waals surface area (Å²) < 4.78 is 5.43. The molecule has 0 heterocycles. The van der Waals surface area contributed by atoms with E-state index in [0.29, 0.717) is 6.61 Å². The van der Waals surface area contributed by atoms with E-state index in [1.165, 1.54) is 77.0 Å². The number of unbranched alkanes of at least 4 members (excludes halogenated alkanes) is 13. The molecule has 4 heteroatoms. The van der Waals surface area contributed by atoms with Crippen LogP contribution in [0.15, 0.2) is 12.2 Å². The van der Waals surface area contributed by atoms with Crippen LogP contribution in [-0.2, 0) is 14.3 Å². The average Bonchev–Trinajstić information content (AvgIpc) is 3.32. The quantitative estimate of drug-likeness (QED) is 0.169. The van der Waals surface area contributed by atoms with E-state index in [4.69, 9.17) is 4.74 Å².